The summed E-state index contributed by atoms with van der Waals surface area (Å²) in [6, 6.07) is 0. The summed E-state index contributed by atoms with van der Waals surface area (Å²) in [6.45, 7) is 3.82. The molecule has 0 aromatic carbocycles. The van der Waals surface area contributed by atoms with Gasteiger partial charge in [-0.3, -0.25) is 0 Å². The zero-order valence-corrected chi connectivity index (χ0v) is 9.24. The van der Waals surface area contributed by atoms with Gasteiger partial charge in [0.15, 0.2) is 0 Å². The average molecular weight is 226 g/mol. The molecule has 0 spiro atoms. The van der Waals surface area contributed by atoms with Crippen LogP contribution in [0.2, 0.25) is 0 Å². The van der Waals surface area contributed by atoms with Gasteiger partial charge in [-0.15, -0.1) is 0 Å². The quantitative estimate of drug-likeness (QED) is 0.449. The molecule has 0 saturated heterocycles. The Hall–Kier alpha value is -0.240. The molecule has 0 radical (unpaired) electrons. The Balaban J connectivity index is 0. The second-order valence-corrected chi connectivity index (χ2v) is 2.55. The van der Waals surface area contributed by atoms with E-state index in [-0.39, 0.29) is 12.1 Å². The number of rotatable bonds is 11. The lowest BCUT2D eigenvalue weighted by atomic mass is 10.7. The molecule has 3 N–H and O–H groups in total. The zero-order chi connectivity index (χ0) is 10.5. The Morgan fingerprint density at radius 2 is 1.13 bits per heavy atom. The van der Waals surface area contributed by atoms with Crippen LogP contribution < -0.4 is 0 Å². The van der Waals surface area contributed by atoms with Crippen LogP contribution in [-0.2, 0) is 18.9 Å². The van der Waals surface area contributed by atoms with E-state index in [1.807, 2.05) is 0 Å². The van der Waals surface area contributed by atoms with Gasteiger partial charge in [0.2, 0.25) is 0 Å². The predicted octanol–water partition coefficient (Wildman–Crippen LogP) is -1.15. The standard InChI is InChI=1S/C9H20O5.H2O/c1-11-4-5-13-8-9-14-7-6-12-3-2-10;/h10H,2-9H2,1H3;1H2. The van der Waals surface area contributed by atoms with Crippen molar-refractivity contribution < 1.29 is 29.5 Å². The van der Waals surface area contributed by atoms with E-state index >= 15 is 0 Å². The first-order valence-electron chi connectivity index (χ1n) is 4.75. The maximum atomic E-state index is 8.39. The number of methoxy groups -OCH3 is 1. The molecule has 0 fully saturated rings. The molecule has 0 saturated carbocycles. The molecule has 6 heteroatoms. The fourth-order valence-electron chi connectivity index (χ4n) is 0.749. The molecule has 0 unspecified atom stereocenters. The van der Waals surface area contributed by atoms with Crippen LogP contribution in [0.4, 0.5) is 0 Å². The maximum Gasteiger partial charge on any atom is 0.0701 e. The van der Waals surface area contributed by atoms with Crippen molar-refractivity contribution in [2.24, 2.45) is 0 Å². The van der Waals surface area contributed by atoms with Gasteiger partial charge in [-0.2, -0.15) is 0 Å². The van der Waals surface area contributed by atoms with Crippen molar-refractivity contribution in [1.82, 2.24) is 0 Å². The normalized spacial score (nSPS) is 10.0. The van der Waals surface area contributed by atoms with Crippen LogP contribution in [0.1, 0.15) is 0 Å². The van der Waals surface area contributed by atoms with Crippen molar-refractivity contribution in [2.45, 2.75) is 0 Å². The molecule has 0 bridgehead atoms. The van der Waals surface area contributed by atoms with Crippen LogP contribution in [0.3, 0.4) is 0 Å². The lowest BCUT2D eigenvalue weighted by molar-refractivity contribution is -0.000973. The van der Waals surface area contributed by atoms with Gasteiger partial charge in [-0.05, 0) is 0 Å². The fourth-order valence-corrected chi connectivity index (χ4v) is 0.749. The van der Waals surface area contributed by atoms with Crippen LogP contribution in [0.15, 0.2) is 0 Å². The van der Waals surface area contributed by atoms with Crippen molar-refractivity contribution >= 4 is 0 Å². The molecule has 0 aromatic heterocycles. The van der Waals surface area contributed by atoms with E-state index in [9.17, 15) is 0 Å². The summed E-state index contributed by atoms with van der Waals surface area (Å²) in [6.07, 6.45) is 0. The summed E-state index contributed by atoms with van der Waals surface area (Å²) in [5.74, 6) is 0. The smallest absolute Gasteiger partial charge is 0.0701 e. The molecular formula is C9H22O6. The number of aliphatic hydroxyl groups excluding tert-OH is 1. The summed E-state index contributed by atoms with van der Waals surface area (Å²) in [5.41, 5.74) is 0. The second-order valence-electron chi connectivity index (χ2n) is 2.55. The molecule has 6 nitrogen and oxygen atoms in total. The van der Waals surface area contributed by atoms with E-state index in [0.717, 1.165) is 0 Å². The summed E-state index contributed by atoms with van der Waals surface area (Å²) >= 11 is 0. The SMILES string of the molecule is COCCOCCOCCOCCO.O. The van der Waals surface area contributed by atoms with Gasteiger partial charge in [0, 0.05) is 7.11 Å². The van der Waals surface area contributed by atoms with E-state index in [4.69, 9.17) is 24.1 Å². The predicted molar refractivity (Wildman–Crippen MR) is 55.0 cm³/mol. The minimum atomic E-state index is 0. The van der Waals surface area contributed by atoms with Crippen LogP contribution in [0.5, 0.6) is 0 Å². The largest absolute Gasteiger partial charge is 0.412 e. The first kappa shape index (κ1) is 17.2. The van der Waals surface area contributed by atoms with Crippen molar-refractivity contribution in [3.05, 3.63) is 0 Å². The average Bonchev–Trinajstić information content (AvgIpc) is 2.21. The number of hydrogen-bond acceptors (Lipinski definition) is 5. The van der Waals surface area contributed by atoms with Crippen molar-refractivity contribution in [3.63, 3.8) is 0 Å². The number of aliphatic hydroxyl groups is 1. The van der Waals surface area contributed by atoms with E-state index in [1.54, 1.807) is 7.11 Å². The molecule has 0 aliphatic rings. The van der Waals surface area contributed by atoms with Gasteiger partial charge >= 0.3 is 0 Å². The van der Waals surface area contributed by atoms with Gasteiger partial charge in [0.1, 0.15) is 0 Å². The monoisotopic (exact) mass is 226 g/mol. The lowest BCUT2D eigenvalue weighted by Crippen LogP contribution is -2.12. The van der Waals surface area contributed by atoms with Gasteiger partial charge in [-0.1, -0.05) is 0 Å². The Labute approximate surface area is 90.4 Å². The highest BCUT2D eigenvalue weighted by molar-refractivity contribution is 4.33. The van der Waals surface area contributed by atoms with E-state index in [1.165, 1.54) is 0 Å². The van der Waals surface area contributed by atoms with Crippen molar-refractivity contribution in [2.75, 3.05) is 60.0 Å². The molecule has 0 aliphatic heterocycles. The molecule has 94 valence electrons. The Morgan fingerprint density at radius 1 is 0.733 bits per heavy atom. The molecule has 0 heterocycles. The fraction of sp³-hybridized carbons (Fsp3) is 1.00. The highest BCUT2D eigenvalue weighted by Crippen LogP contribution is 1.81. The molecule has 15 heavy (non-hydrogen) atoms. The molecule has 0 amide bonds. The summed E-state index contributed by atoms with van der Waals surface area (Å²) in [4.78, 5) is 0. The first-order chi connectivity index (χ1) is 6.91. The molecule has 0 atom stereocenters. The van der Waals surface area contributed by atoms with Crippen LogP contribution in [0, 0.1) is 0 Å². The summed E-state index contributed by atoms with van der Waals surface area (Å²) < 4.78 is 20.2. The third-order valence-electron chi connectivity index (χ3n) is 1.41. The number of ether oxygens (including phenoxy) is 4. The summed E-state index contributed by atoms with van der Waals surface area (Å²) in [7, 11) is 1.64. The number of hydrogen-bond donors (Lipinski definition) is 1. The van der Waals surface area contributed by atoms with Crippen LogP contribution in [-0.4, -0.2) is 70.5 Å². The highest BCUT2D eigenvalue weighted by Gasteiger charge is 1.90. The summed E-state index contributed by atoms with van der Waals surface area (Å²) in [5, 5.41) is 8.39. The van der Waals surface area contributed by atoms with E-state index in [0.29, 0.717) is 46.2 Å². The lowest BCUT2D eigenvalue weighted by Gasteiger charge is -2.05. The highest BCUT2D eigenvalue weighted by atomic mass is 16.6. The van der Waals surface area contributed by atoms with Gasteiger partial charge < -0.3 is 29.5 Å². The Kier molecular flexibility index (Phi) is 18.5. The van der Waals surface area contributed by atoms with Crippen LogP contribution in [0.25, 0.3) is 0 Å². The molecule has 0 rings (SSSR count). The minimum absolute atomic E-state index is 0. The first-order valence-corrected chi connectivity index (χ1v) is 4.75. The second kappa shape index (κ2) is 16.2. The van der Waals surface area contributed by atoms with E-state index < -0.39 is 0 Å². The third kappa shape index (κ3) is 16.4. The minimum Gasteiger partial charge on any atom is -0.412 e. The molecule has 0 aromatic rings. The van der Waals surface area contributed by atoms with Gasteiger partial charge in [0.25, 0.3) is 0 Å². The van der Waals surface area contributed by atoms with E-state index in [2.05, 4.69) is 0 Å². The van der Waals surface area contributed by atoms with Crippen molar-refractivity contribution in [3.8, 4) is 0 Å². The topological polar surface area (TPSA) is 88.7 Å². The zero-order valence-electron chi connectivity index (χ0n) is 9.24. The van der Waals surface area contributed by atoms with Crippen LogP contribution >= 0.6 is 0 Å². The Morgan fingerprint density at radius 3 is 1.53 bits per heavy atom. The Bertz CT molecular complexity index is 88.6. The van der Waals surface area contributed by atoms with Gasteiger partial charge in [-0.25, -0.2) is 0 Å². The molecule has 0 aliphatic carbocycles. The third-order valence-corrected chi connectivity index (χ3v) is 1.41. The maximum absolute atomic E-state index is 8.39. The van der Waals surface area contributed by atoms with Gasteiger partial charge in [0.05, 0.1) is 52.9 Å². The van der Waals surface area contributed by atoms with Crippen molar-refractivity contribution in [1.29, 1.82) is 0 Å². The molecular weight excluding hydrogens is 204 g/mol.